The molecule has 0 aromatic carbocycles. The highest BCUT2D eigenvalue weighted by atomic mass is 31.2. The zero-order valence-corrected chi connectivity index (χ0v) is 59.2. The van der Waals surface area contributed by atoms with E-state index in [-0.39, 0.29) is 31.5 Å². The van der Waals surface area contributed by atoms with E-state index in [4.69, 9.17) is 13.8 Å². The van der Waals surface area contributed by atoms with Gasteiger partial charge in [-0.2, -0.15) is 0 Å². The highest BCUT2D eigenvalue weighted by molar-refractivity contribution is 7.47. The lowest BCUT2D eigenvalue weighted by Gasteiger charge is -2.27. The van der Waals surface area contributed by atoms with Crippen molar-refractivity contribution in [2.24, 2.45) is 0 Å². The number of carbonyl (C=O) groups excluding carboxylic acids is 2. The number of esters is 1. The molecule has 10 heteroatoms. The van der Waals surface area contributed by atoms with Gasteiger partial charge in [-0.1, -0.05) is 312 Å². The Bertz CT molecular complexity index is 1720. The number of quaternary nitrogens is 1. The minimum absolute atomic E-state index is 0.0369. The first-order valence-electron chi connectivity index (χ1n) is 37.3. The molecule has 0 aliphatic heterocycles. The first kappa shape index (κ1) is 84.5. The molecule has 508 valence electrons. The van der Waals surface area contributed by atoms with Crippen LogP contribution >= 0.6 is 7.82 Å². The van der Waals surface area contributed by atoms with Crippen molar-refractivity contribution in [3.8, 4) is 0 Å². The average molecular weight is 1240 g/mol. The van der Waals surface area contributed by atoms with Crippen molar-refractivity contribution < 1.29 is 37.3 Å². The van der Waals surface area contributed by atoms with Crippen molar-refractivity contribution in [3.63, 3.8) is 0 Å². The number of hydrogen-bond donors (Lipinski definition) is 2. The smallest absolute Gasteiger partial charge is 0.456 e. The van der Waals surface area contributed by atoms with Gasteiger partial charge < -0.3 is 19.4 Å². The number of ether oxygens (including phenoxy) is 1. The third-order valence-electron chi connectivity index (χ3n) is 16.6. The van der Waals surface area contributed by atoms with Gasteiger partial charge in [0.15, 0.2) is 0 Å². The fourth-order valence-corrected chi connectivity index (χ4v) is 11.6. The average Bonchev–Trinajstić information content (AvgIpc) is 3.69. The van der Waals surface area contributed by atoms with Crippen LogP contribution in [0.2, 0.25) is 0 Å². The summed E-state index contributed by atoms with van der Waals surface area (Å²) in [6, 6.07) is -0.857. The third-order valence-corrected chi connectivity index (χ3v) is 17.6. The molecule has 3 atom stereocenters. The van der Waals surface area contributed by atoms with Gasteiger partial charge in [-0.3, -0.25) is 18.6 Å². The molecule has 0 aromatic rings. The SMILES string of the molecule is CCCCC/C=C\C/C=C\C/C=C\C/C=C\CCCCCCCCCC(=O)NC(COP(=O)(O)OCC[N+](C)(C)C)C(/C=C/CCCCCCCCCCCCC)OC(=O)CCCCCCCCCCCCCCCCC/C=C/CCCCCCCC. The predicted molar refractivity (Wildman–Crippen MR) is 378 cm³/mol. The fraction of sp³-hybridized carbons (Fsp3) is 0.818. The minimum Gasteiger partial charge on any atom is -0.456 e. The van der Waals surface area contributed by atoms with Gasteiger partial charge in [0.2, 0.25) is 5.91 Å². The fourth-order valence-electron chi connectivity index (χ4n) is 10.9. The lowest BCUT2D eigenvalue weighted by molar-refractivity contribution is -0.870. The molecule has 9 nitrogen and oxygen atoms in total. The summed E-state index contributed by atoms with van der Waals surface area (Å²) in [6.45, 7) is 7.02. The number of nitrogens with one attached hydrogen (secondary N) is 1. The van der Waals surface area contributed by atoms with E-state index in [0.29, 0.717) is 17.4 Å². The van der Waals surface area contributed by atoms with Crippen molar-refractivity contribution in [2.75, 3.05) is 40.9 Å². The molecule has 0 aliphatic rings. The second-order valence-corrected chi connectivity index (χ2v) is 27.9. The van der Waals surface area contributed by atoms with E-state index in [2.05, 4.69) is 86.8 Å². The summed E-state index contributed by atoms with van der Waals surface area (Å²) in [5.41, 5.74) is 0. The second-order valence-electron chi connectivity index (χ2n) is 26.5. The van der Waals surface area contributed by atoms with Gasteiger partial charge in [-0.15, -0.1) is 0 Å². The Morgan fingerprint density at radius 2 is 0.701 bits per heavy atom. The van der Waals surface area contributed by atoms with Crippen LogP contribution in [0.4, 0.5) is 0 Å². The van der Waals surface area contributed by atoms with Gasteiger partial charge in [-0.25, -0.2) is 4.57 Å². The van der Waals surface area contributed by atoms with Crippen LogP contribution in [0.3, 0.4) is 0 Å². The summed E-state index contributed by atoms with van der Waals surface area (Å²) in [5.74, 6) is -0.505. The first-order chi connectivity index (χ1) is 42.4. The topological polar surface area (TPSA) is 111 Å². The Labute approximate surface area is 540 Å². The predicted octanol–water partition coefficient (Wildman–Crippen LogP) is 23.9. The molecule has 0 spiro atoms. The van der Waals surface area contributed by atoms with Gasteiger partial charge in [0.05, 0.1) is 33.8 Å². The summed E-state index contributed by atoms with van der Waals surface area (Å²) in [4.78, 5) is 38.0. The Balaban J connectivity index is 5.07. The summed E-state index contributed by atoms with van der Waals surface area (Å²) in [5, 5.41) is 3.07. The number of phosphoric acid groups is 1. The van der Waals surface area contributed by atoms with Crippen LogP contribution in [0.25, 0.3) is 0 Å². The minimum atomic E-state index is -4.46. The van der Waals surface area contributed by atoms with E-state index in [9.17, 15) is 19.0 Å². The molecule has 0 aliphatic carbocycles. The molecule has 0 bridgehead atoms. The van der Waals surface area contributed by atoms with E-state index in [1.807, 2.05) is 33.3 Å². The van der Waals surface area contributed by atoms with E-state index in [1.54, 1.807) is 0 Å². The quantitative estimate of drug-likeness (QED) is 0.0205. The molecular formula is C77H144N2O7P+. The van der Waals surface area contributed by atoms with Gasteiger partial charge in [0.1, 0.15) is 19.3 Å². The van der Waals surface area contributed by atoms with Gasteiger partial charge in [0.25, 0.3) is 0 Å². The number of phosphoric ester groups is 1. The van der Waals surface area contributed by atoms with E-state index in [0.717, 1.165) is 89.9 Å². The molecule has 3 unspecified atom stereocenters. The summed E-state index contributed by atoms with van der Waals surface area (Å²) in [7, 11) is 1.49. The number of allylic oxidation sites excluding steroid dienone is 11. The molecular weight excluding hydrogens is 1100 g/mol. The van der Waals surface area contributed by atoms with Crippen LogP contribution in [-0.4, -0.2) is 74.3 Å². The first-order valence-corrected chi connectivity index (χ1v) is 38.8. The summed E-state index contributed by atoms with van der Waals surface area (Å²) >= 11 is 0. The molecule has 2 N–H and O–H groups in total. The highest BCUT2D eigenvalue weighted by Gasteiger charge is 2.30. The number of rotatable bonds is 68. The molecule has 0 aromatic heterocycles. The molecule has 0 rings (SSSR count). The number of nitrogens with zero attached hydrogens (tertiary/aromatic N) is 1. The van der Waals surface area contributed by atoms with E-state index >= 15 is 0 Å². The maximum atomic E-state index is 13.6. The molecule has 87 heavy (non-hydrogen) atoms. The maximum absolute atomic E-state index is 13.6. The molecule has 0 heterocycles. The van der Waals surface area contributed by atoms with Crippen LogP contribution in [0.15, 0.2) is 72.9 Å². The highest BCUT2D eigenvalue weighted by Crippen LogP contribution is 2.43. The Morgan fingerprint density at radius 1 is 0.402 bits per heavy atom. The van der Waals surface area contributed by atoms with E-state index < -0.39 is 20.0 Å². The van der Waals surface area contributed by atoms with Crippen molar-refractivity contribution in [1.29, 1.82) is 0 Å². The van der Waals surface area contributed by atoms with Crippen molar-refractivity contribution in [1.82, 2.24) is 5.32 Å². The maximum Gasteiger partial charge on any atom is 0.472 e. The van der Waals surface area contributed by atoms with Crippen molar-refractivity contribution in [3.05, 3.63) is 72.9 Å². The normalized spacial score (nSPS) is 13.9. The number of unbranched alkanes of at least 4 members (excludes halogenated alkanes) is 42. The Morgan fingerprint density at radius 3 is 1.08 bits per heavy atom. The van der Waals surface area contributed by atoms with E-state index in [1.165, 1.54) is 231 Å². The standard InChI is InChI=1S/C77H143N2O7P/c1-7-10-13-16-19-22-25-28-30-32-34-36-38-39-41-43-45-47-49-52-55-58-61-64-67-70-77(81)86-75(68-65-62-59-56-53-50-27-24-21-18-15-12-9-3)74(73-85-87(82,83)84-72-71-79(4,5)6)78-76(80)69-66-63-60-57-54-51-48-46-44-42-40-37-35-33-31-29-26-23-20-17-14-11-8-2/h20,23,28-31,35,37,42,44,65,68,74-75H,7-19,21-22,24-27,32-34,36,38-41,43,45-64,66-67,69-73H2,1-6H3,(H-,78,80,82,83)/p+1/b23-20-,30-28+,31-29-,37-35-,44-42-,68-65+. The number of amides is 1. The summed E-state index contributed by atoms with van der Waals surface area (Å²) in [6.07, 6.45) is 87.7. The van der Waals surface area contributed by atoms with Gasteiger partial charge >= 0.3 is 13.8 Å². The largest absolute Gasteiger partial charge is 0.472 e. The monoisotopic (exact) mass is 1240 g/mol. The molecule has 0 saturated heterocycles. The lowest BCUT2D eigenvalue weighted by atomic mass is 10.0. The van der Waals surface area contributed by atoms with Crippen LogP contribution in [0, 0.1) is 0 Å². The Kier molecular flexibility index (Phi) is 64.4. The zero-order chi connectivity index (χ0) is 63.5. The van der Waals surface area contributed by atoms with Gasteiger partial charge in [0, 0.05) is 12.8 Å². The number of likely N-dealkylation sites (N-methyl/N-ethyl adjacent to an activating group) is 1. The number of hydrogen-bond acceptors (Lipinski definition) is 6. The summed E-state index contributed by atoms with van der Waals surface area (Å²) < 4.78 is 30.9. The molecule has 1 amide bonds. The van der Waals surface area contributed by atoms with Gasteiger partial charge in [-0.05, 0) is 102 Å². The van der Waals surface area contributed by atoms with Crippen LogP contribution in [0.1, 0.15) is 355 Å². The second kappa shape index (κ2) is 66.4. The lowest BCUT2D eigenvalue weighted by Crippen LogP contribution is -2.47. The Hall–Kier alpha value is -2.55. The number of carbonyl (C=O) groups is 2. The van der Waals surface area contributed by atoms with Crippen LogP contribution in [-0.2, 0) is 27.9 Å². The van der Waals surface area contributed by atoms with Crippen LogP contribution in [0.5, 0.6) is 0 Å². The third kappa shape index (κ3) is 67.7. The zero-order valence-electron chi connectivity index (χ0n) is 58.3. The molecule has 0 radical (unpaired) electrons. The van der Waals surface area contributed by atoms with Crippen LogP contribution < -0.4 is 5.32 Å². The molecule has 0 saturated carbocycles. The van der Waals surface area contributed by atoms with Crippen molar-refractivity contribution in [2.45, 2.75) is 367 Å². The van der Waals surface area contributed by atoms with Crippen molar-refractivity contribution >= 4 is 19.7 Å². The molecule has 0 fully saturated rings.